The number of hydrogen-bond acceptors (Lipinski definition) is 3. The van der Waals surface area contributed by atoms with Crippen LogP contribution in [-0.4, -0.2) is 30.7 Å². The Morgan fingerprint density at radius 1 is 1.30 bits per heavy atom. The van der Waals surface area contributed by atoms with Crippen LogP contribution in [-0.2, 0) is 16.1 Å². The van der Waals surface area contributed by atoms with E-state index in [0.717, 1.165) is 17.6 Å². The Labute approximate surface area is 137 Å². The summed E-state index contributed by atoms with van der Waals surface area (Å²) in [5.41, 5.74) is 0.764. The van der Waals surface area contributed by atoms with Crippen molar-refractivity contribution in [1.82, 2.24) is 4.90 Å². The van der Waals surface area contributed by atoms with E-state index in [2.05, 4.69) is 6.92 Å². The number of benzene rings is 1. The lowest BCUT2D eigenvalue weighted by molar-refractivity contribution is -0.131. The molecule has 1 fully saturated rings. The summed E-state index contributed by atoms with van der Waals surface area (Å²) in [5, 5.41) is 0. The fourth-order valence-electron chi connectivity index (χ4n) is 4.05. The van der Waals surface area contributed by atoms with E-state index in [-0.39, 0.29) is 29.1 Å². The Bertz CT molecular complexity index is 637. The van der Waals surface area contributed by atoms with Crippen molar-refractivity contribution in [2.75, 3.05) is 13.7 Å². The van der Waals surface area contributed by atoms with E-state index in [4.69, 9.17) is 4.74 Å². The minimum atomic E-state index is -0.306. The molecule has 1 heterocycles. The smallest absolute Gasteiger partial charge is 0.230 e. The van der Waals surface area contributed by atoms with Crippen LogP contribution in [0.3, 0.4) is 0 Å². The van der Waals surface area contributed by atoms with Gasteiger partial charge in [0.05, 0.1) is 13.0 Å². The van der Waals surface area contributed by atoms with E-state index in [1.54, 1.807) is 7.11 Å². The van der Waals surface area contributed by atoms with Gasteiger partial charge in [0.1, 0.15) is 12.0 Å². The summed E-state index contributed by atoms with van der Waals surface area (Å²) in [6, 6.07) is 7.76. The van der Waals surface area contributed by atoms with E-state index < -0.39 is 0 Å². The topological polar surface area (TPSA) is 46.6 Å². The number of likely N-dealkylation sites (tertiary alicyclic amines) is 1. The van der Waals surface area contributed by atoms with Gasteiger partial charge in [-0.15, -0.1) is 0 Å². The zero-order chi connectivity index (χ0) is 16.6. The molecule has 122 valence electrons. The molecule has 0 unspecified atom stereocenters. The molecule has 0 saturated carbocycles. The van der Waals surface area contributed by atoms with Crippen LogP contribution in [0.15, 0.2) is 36.4 Å². The van der Waals surface area contributed by atoms with Crippen molar-refractivity contribution >= 4 is 12.2 Å². The number of carbonyl (C=O) groups is 2. The second-order valence-electron chi connectivity index (χ2n) is 6.93. The van der Waals surface area contributed by atoms with Crippen LogP contribution in [0.4, 0.5) is 0 Å². The lowest BCUT2D eigenvalue weighted by Gasteiger charge is -2.39. The predicted molar refractivity (Wildman–Crippen MR) is 87.9 cm³/mol. The van der Waals surface area contributed by atoms with E-state index in [1.165, 1.54) is 0 Å². The summed E-state index contributed by atoms with van der Waals surface area (Å²) >= 11 is 0. The molecule has 4 atom stereocenters. The quantitative estimate of drug-likeness (QED) is 0.634. The third-order valence-corrected chi connectivity index (χ3v) is 5.43. The lowest BCUT2D eigenvalue weighted by Crippen LogP contribution is -2.41. The maximum atomic E-state index is 12.8. The molecule has 1 aromatic carbocycles. The third kappa shape index (κ3) is 2.56. The van der Waals surface area contributed by atoms with Gasteiger partial charge in [0.2, 0.25) is 5.91 Å². The normalized spacial score (nSPS) is 32.7. The van der Waals surface area contributed by atoms with Crippen molar-refractivity contribution < 1.29 is 14.3 Å². The highest BCUT2D eigenvalue weighted by Crippen LogP contribution is 2.49. The number of hydrogen-bond donors (Lipinski definition) is 0. The van der Waals surface area contributed by atoms with E-state index in [0.29, 0.717) is 13.1 Å². The average molecular weight is 313 g/mol. The van der Waals surface area contributed by atoms with Crippen LogP contribution >= 0.6 is 0 Å². The van der Waals surface area contributed by atoms with Gasteiger partial charge >= 0.3 is 0 Å². The van der Waals surface area contributed by atoms with Crippen molar-refractivity contribution in [3.63, 3.8) is 0 Å². The highest BCUT2D eigenvalue weighted by Gasteiger charge is 2.54. The molecule has 2 aliphatic rings. The number of aldehydes is 1. The molecule has 0 spiro atoms. The predicted octanol–water partition coefficient (Wildman–Crippen LogP) is 2.68. The van der Waals surface area contributed by atoms with E-state index in [9.17, 15) is 9.59 Å². The van der Waals surface area contributed by atoms with Gasteiger partial charge in [-0.3, -0.25) is 4.79 Å². The van der Waals surface area contributed by atoms with Crippen LogP contribution in [0.2, 0.25) is 0 Å². The number of amides is 1. The fraction of sp³-hybridized carbons (Fsp3) is 0.474. The number of methoxy groups -OCH3 is 1. The summed E-state index contributed by atoms with van der Waals surface area (Å²) in [6.45, 7) is 5.32. The molecule has 4 heteroatoms. The Hall–Kier alpha value is -2.10. The summed E-state index contributed by atoms with van der Waals surface area (Å²) in [7, 11) is 1.64. The first-order chi connectivity index (χ1) is 11.0. The monoisotopic (exact) mass is 313 g/mol. The van der Waals surface area contributed by atoms with Gasteiger partial charge in [0.25, 0.3) is 0 Å². The summed E-state index contributed by atoms with van der Waals surface area (Å²) < 4.78 is 5.17. The van der Waals surface area contributed by atoms with Crippen LogP contribution in [0.1, 0.15) is 19.4 Å². The van der Waals surface area contributed by atoms with E-state index >= 15 is 0 Å². The van der Waals surface area contributed by atoms with Crippen LogP contribution < -0.4 is 4.74 Å². The Balaban J connectivity index is 1.82. The summed E-state index contributed by atoms with van der Waals surface area (Å²) in [5.74, 6) is 0.815. The zero-order valence-electron chi connectivity index (χ0n) is 13.9. The largest absolute Gasteiger partial charge is 0.497 e. The van der Waals surface area contributed by atoms with Crippen LogP contribution in [0, 0.1) is 23.2 Å². The molecule has 4 nitrogen and oxygen atoms in total. The first kappa shape index (κ1) is 15.8. The summed E-state index contributed by atoms with van der Waals surface area (Å²) in [6.07, 6.45) is 5.05. The number of fused-ring (bicyclic) bond motifs is 1. The Kier molecular flexibility index (Phi) is 4.00. The highest BCUT2D eigenvalue weighted by molar-refractivity contribution is 5.85. The maximum absolute atomic E-state index is 12.8. The highest BCUT2D eigenvalue weighted by atomic mass is 16.5. The van der Waals surface area contributed by atoms with Gasteiger partial charge in [0.15, 0.2) is 0 Å². The molecule has 0 bridgehead atoms. The summed E-state index contributed by atoms with van der Waals surface area (Å²) in [4.78, 5) is 26.2. The SMILES string of the molecule is COc1ccc(CN2C[C@]3(C)[C@H](C=O)[C@@H](C)C=C[C@H]3C2=O)cc1. The first-order valence-corrected chi connectivity index (χ1v) is 8.05. The number of rotatable bonds is 4. The molecule has 1 aromatic rings. The molecule has 1 saturated heterocycles. The molecule has 23 heavy (non-hydrogen) atoms. The van der Waals surface area contributed by atoms with Gasteiger partial charge in [-0.1, -0.05) is 38.1 Å². The zero-order valence-corrected chi connectivity index (χ0v) is 13.9. The molecular formula is C19H23NO3. The molecular weight excluding hydrogens is 290 g/mol. The lowest BCUT2D eigenvalue weighted by atomic mass is 9.62. The molecule has 3 rings (SSSR count). The average Bonchev–Trinajstić information content (AvgIpc) is 2.79. The Morgan fingerprint density at radius 2 is 2.00 bits per heavy atom. The third-order valence-electron chi connectivity index (χ3n) is 5.43. The van der Waals surface area contributed by atoms with Gasteiger partial charge < -0.3 is 14.4 Å². The standard InChI is InChI=1S/C19H23NO3/c1-13-4-9-16-18(22)20(12-19(16,2)17(13)11-21)10-14-5-7-15(23-3)8-6-14/h4-9,11,13,16-17H,10,12H2,1-3H3/t13-,16-,17+,19-/m0/s1. The first-order valence-electron chi connectivity index (χ1n) is 8.05. The minimum absolute atomic E-state index is 0.109. The second kappa shape index (κ2) is 5.84. The number of allylic oxidation sites excluding steroid dienone is 1. The molecule has 0 N–H and O–H groups in total. The van der Waals surface area contributed by atoms with Crippen molar-refractivity contribution in [3.8, 4) is 5.75 Å². The second-order valence-corrected chi connectivity index (χ2v) is 6.93. The fourth-order valence-corrected chi connectivity index (χ4v) is 4.05. The number of carbonyl (C=O) groups excluding carboxylic acids is 2. The van der Waals surface area contributed by atoms with Gasteiger partial charge in [-0.25, -0.2) is 0 Å². The van der Waals surface area contributed by atoms with Gasteiger partial charge in [0, 0.05) is 24.4 Å². The van der Waals surface area contributed by atoms with Gasteiger partial charge in [-0.05, 0) is 23.6 Å². The van der Waals surface area contributed by atoms with Crippen molar-refractivity contribution in [3.05, 3.63) is 42.0 Å². The number of ether oxygens (including phenoxy) is 1. The molecule has 1 aliphatic carbocycles. The van der Waals surface area contributed by atoms with E-state index in [1.807, 2.05) is 48.2 Å². The molecule has 1 aliphatic heterocycles. The molecule has 1 amide bonds. The van der Waals surface area contributed by atoms with Gasteiger partial charge in [-0.2, -0.15) is 0 Å². The van der Waals surface area contributed by atoms with Crippen molar-refractivity contribution in [2.45, 2.75) is 20.4 Å². The van der Waals surface area contributed by atoms with Crippen molar-refractivity contribution in [1.29, 1.82) is 0 Å². The maximum Gasteiger partial charge on any atom is 0.230 e. The van der Waals surface area contributed by atoms with Crippen LogP contribution in [0.25, 0.3) is 0 Å². The Morgan fingerprint density at radius 3 is 2.61 bits per heavy atom. The molecule has 0 radical (unpaired) electrons. The van der Waals surface area contributed by atoms with Crippen molar-refractivity contribution in [2.24, 2.45) is 23.2 Å². The molecule has 0 aromatic heterocycles. The minimum Gasteiger partial charge on any atom is -0.497 e. The number of nitrogens with zero attached hydrogens (tertiary/aromatic N) is 1. The van der Waals surface area contributed by atoms with Crippen LogP contribution in [0.5, 0.6) is 5.75 Å².